The van der Waals surface area contributed by atoms with E-state index in [-0.39, 0.29) is 16.9 Å². The van der Waals surface area contributed by atoms with Gasteiger partial charge in [-0.15, -0.1) is 0 Å². The summed E-state index contributed by atoms with van der Waals surface area (Å²) in [6.45, 7) is 14.1. The van der Waals surface area contributed by atoms with Crippen molar-refractivity contribution in [1.29, 1.82) is 0 Å². The molecule has 1 amide bonds. The number of hydrogen-bond acceptors (Lipinski definition) is 5. The van der Waals surface area contributed by atoms with Gasteiger partial charge >= 0.3 is 0 Å². The summed E-state index contributed by atoms with van der Waals surface area (Å²) in [5.41, 5.74) is 0.954. The first kappa shape index (κ1) is 24.6. The second-order valence-electron chi connectivity index (χ2n) is 11.2. The lowest BCUT2D eigenvalue weighted by atomic mass is 9.82. The highest BCUT2D eigenvalue weighted by Crippen LogP contribution is 2.38. The SMILES string of the molecule is Cc1ncc(-c2ccc3cnc(NC(=O)[C@H]4CC[C@H](CO[Si](C)(C)C(C)(C)C)CC4)cc3c2)o1. The number of pyridine rings is 1. The third-order valence-corrected chi connectivity index (χ3v) is 12.1. The van der Waals surface area contributed by atoms with Crippen molar-refractivity contribution < 1.29 is 13.6 Å². The molecule has 0 atom stereocenters. The largest absolute Gasteiger partial charge is 0.441 e. The van der Waals surface area contributed by atoms with Crippen LogP contribution in [0.25, 0.3) is 22.1 Å². The summed E-state index contributed by atoms with van der Waals surface area (Å²) in [5.74, 6) is 2.61. The van der Waals surface area contributed by atoms with Gasteiger partial charge in [0.25, 0.3) is 0 Å². The molecule has 1 aliphatic carbocycles. The molecule has 3 aromatic rings. The molecule has 1 aliphatic rings. The normalized spacial score (nSPS) is 19.4. The lowest BCUT2D eigenvalue weighted by Gasteiger charge is -2.38. The Balaban J connectivity index is 1.34. The van der Waals surface area contributed by atoms with Crippen molar-refractivity contribution in [3.63, 3.8) is 0 Å². The smallest absolute Gasteiger partial charge is 0.228 e. The fourth-order valence-electron chi connectivity index (χ4n) is 4.22. The lowest BCUT2D eigenvalue weighted by molar-refractivity contribution is -0.121. The highest BCUT2D eigenvalue weighted by molar-refractivity contribution is 6.74. The van der Waals surface area contributed by atoms with Gasteiger partial charge in [0.1, 0.15) is 5.82 Å². The number of fused-ring (bicyclic) bond motifs is 1. The first-order valence-electron chi connectivity index (χ1n) is 12.3. The van der Waals surface area contributed by atoms with Crippen LogP contribution in [0, 0.1) is 18.8 Å². The third kappa shape index (κ3) is 5.58. The molecule has 1 fully saturated rings. The summed E-state index contributed by atoms with van der Waals surface area (Å²) in [6.07, 6.45) is 7.42. The van der Waals surface area contributed by atoms with Gasteiger partial charge in [-0.25, -0.2) is 9.97 Å². The molecule has 0 aliphatic heterocycles. The average Bonchev–Trinajstić information content (AvgIpc) is 3.23. The van der Waals surface area contributed by atoms with E-state index in [1.54, 1.807) is 12.4 Å². The van der Waals surface area contributed by atoms with Gasteiger partial charge in [-0.05, 0) is 67.3 Å². The summed E-state index contributed by atoms with van der Waals surface area (Å²) in [4.78, 5) is 21.6. The van der Waals surface area contributed by atoms with E-state index >= 15 is 0 Å². The fraction of sp³-hybridized carbons (Fsp3) is 0.519. The molecule has 2 aromatic heterocycles. The van der Waals surface area contributed by atoms with Crippen LogP contribution in [0.15, 0.2) is 41.1 Å². The van der Waals surface area contributed by atoms with Gasteiger partial charge in [-0.3, -0.25) is 4.79 Å². The Bertz CT molecular complexity index is 1160. The van der Waals surface area contributed by atoms with Crippen molar-refractivity contribution in [2.24, 2.45) is 11.8 Å². The molecule has 4 rings (SSSR count). The van der Waals surface area contributed by atoms with Crippen LogP contribution < -0.4 is 5.32 Å². The van der Waals surface area contributed by atoms with E-state index in [2.05, 4.69) is 49.1 Å². The molecule has 0 saturated heterocycles. The van der Waals surface area contributed by atoms with Gasteiger partial charge in [-0.2, -0.15) is 0 Å². The van der Waals surface area contributed by atoms with Crippen LogP contribution >= 0.6 is 0 Å². The van der Waals surface area contributed by atoms with E-state index in [0.717, 1.165) is 54.4 Å². The van der Waals surface area contributed by atoms with Crippen molar-refractivity contribution in [2.45, 2.75) is 71.5 Å². The summed E-state index contributed by atoms with van der Waals surface area (Å²) in [6, 6.07) is 7.97. The predicted octanol–water partition coefficient (Wildman–Crippen LogP) is 6.96. The molecule has 182 valence electrons. The number of amides is 1. The maximum atomic E-state index is 13.0. The minimum Gasteiger partial charge on any atom is -0.441 e. The molecular formula is C27H37N3O3Si. The van der Waals surface area contributed by atoms with Crippen LogP contribution in [-0.4, -0.2) is 30.8 Å². The van der Waals surface area contributed by atoms with Crippen LogP contribution in [0.1, 0.15) is 52.3 Å². The van der Waals surface area contributed by atoms with Gasteiger partial charge < -0.3 is 14.2 Å². The number of hydrogen-bond donors (Lipinski definition) is 1. The summed E-state index contributed by atoms with van der Waals surface area (Å²) < 4.78 is 12.1. The second-order valence-corrected chi connectivity index (χ2v) is 16.0. The molecule has 0 radical (unpaired) electrons. The molecule has 6 nitrogen and oxygen atoms in total. The van der Waals surface area contributed by atoms with Gasteiger partial charge in [0.05, 0.1) is 6.20 Å². The quantitative estimate of drug-likeness (QED) is 0.386. The number of carbonyl (C=O) groups excluding carboxylic acids is 1. The van der Waals surface area contributed by atoms with Crippen LogP contribution in [0.2, 0.25) is 18.1 Å². The zero-order valence-corrected chi connectivity index (χ0v) is 22.3. The molecule has 7 heteroatoms. The van der Waals surface area contributed by atoms with Gasteiger partial charge in [-0.1, -0.05) is 32.9 Å². The Morgan fingerprint density at radius 1 is 1.09 bits per heavy atom. The average molecular weight is 480 g/mol. The number of aromatic nitrogens is 2. The van der Waals surface area contributed by atoms with Crippen molar-refractivity contribution >= 4 is 30.8 Å². The molecule has 1 aromatic carbocycles. The Hall–Kier alpha value is -2.51. The number of carbonyl (C=O) groups is 1. The standard InChI is InChI=1S/C27H37N3O3Si/c1-18-28-16-24(33-18)21-11-12-22-15-29-25(14-23(22)13-21)30-26(31)20-9-7-19(8-10-20)17-32-34(5,6)27(2,3)4/h11-16,19-20H,7-10,17H2,1-6H3,(H,29,30,31)/t19-,20-. The lowest BCUT2D eigenvalue weighted by Crippen LogP contribution is -2.42. The number of aryl methyl sites for hydroxylation is 1. The van der Waals surface area contributed by atoms with E-state index < -0.39 is 8.32 Å². The van der Waals surface area contributed by atoms with Crippen LogP contribution in [0.3, 0.4) is 0 Å². The molecule has 0 bridgehead atoms. The van der Waals surface area contributed by atoms with E-state index in [0.29, 0.717) is 17.6 Å². The maximum Gasteiger partial charge on any atom is 0.228 e. The minimum absolute atomic E-state index is 0.0325. The Kier molecular flexibility index (Phi) is 6.96. The molecule has 34 heavy (non-hydrogen) atoms. The van der Waals surface area contributed by atoms with Crippen molar-refractivity contribution in [3.05, 3.63) is 42.5 Å². The van der Waals surface area contributed by atoms with Crippen molar-refractivity contribution in [2.75, 3.05) is 11.9 Å². The zero-order chi connectivity index (χ0) is 24.5. The fourth-order valence-corrected chi connectivity index (χ4v) is 5.31. The predicted molar refractivity (Wildman–Crippen MR) is 139 cm³/mol. The molecule has 2 heterocycles. The first-order chi connectivity index (χ1) is 16.0. The Labute approximate surface area is 203 Å². The number of anilines is 1. The van der Waals surface area contributed by atoms with E-state index in [1.165, 1.54) is 0 Å². The number of nitrogens with zero attached hydrogens (tertiary/aromatic N) is 2. The van der Waals surface area contributed by atoms with E-state index in [1.807, 2.05) is 31.2 Å². The minimum atomic E-state index is -1.72. The summed E-state index contributed by atoms with van der Waals surface area (Å²) >= 11 is 0. The van der Waals surface area contributed by atoms with E-state index in [4.69, 9.17) is 8.84 Å². The highest BCUT2D eigenvalue weighted by Gasteiger charge is 2.38. The zero-order valence-electron chi connectivity index (χ0n) is 21.3. The third-order valence-electron chi connectivity index (χ3n) is 7.58. The number of oxazole rings is 1. The summed E-state index contributed by atoms with van der Waals surface area (Å²) in [5, 5.41) is 5.29. The molecule has 0 unspecified atom stereocenters. The van der Waals surface area contributed by atoms with Crippen molar-refractivity contribution in [3.8, 4) is 11.3 Å². The Morgan fingerprint density at radius 3 is 2.47 bits per heavy atom. The number of nitrogens with one attached hydrogen (secondary N) is 1. The Morgan fingerprint density at radius 2 is 1.82 bits per heavy atom. The second kappa shape index (κ2) is 9.62. The summed E-state index contributed by atoms with van der Waals surface area (Å²) in [7, 11) is -1.72. The monoisotopic (exact) mass is 479 g/mol. The van der Waals surface area contributed by atoms with Gasteiger partial charge in [0.2, 0.25) is 5.91 Å². The van der Waals surface area contributed by atoms with E-state index in [9.17, 15) is 4.79 Å². The maximum absolute atomic E-state index is 13.0. The molecule has 0 spiro atoms. The number of benzene rings is 1. The topological polar surface area (TPSA) is 77.2 Å². The van der Waals surface area contributed by atoms with Crippen LogP contribution in [0.5, 0.6) is 0 Å². The van der Waals surface area contributed by atoms with Gasteiger partial charge in [0.15, 0.2) is 20.0 Å². The molecular weight excluding hydrogens is 442 g/mol. The number of rotatable bonds is 6. The van der Waals surface area contributed by atoms with Crippen LogP contribution in [-0.2, 0) is 9.22 Å². The first-order valence-corrected chi connectivity index (χ1v) is 15.2. The molecule has 1 N–H and O–H groups in total. The van der Waals surface area contributed by atoms with Crippen molar-refractivity contribution in [1.82, 2.24) is 9.97 Å². The van der Waals surface area contributed by atoms with Gasteiger partial charge in [0, 0.05) is 36.6 Å². The molecule has 1 saturated carbocycles. The van der Waals surface area contributed by atoms with Crippen LogP contribution in [0.4, 0.5) is 5.82 Å². The highest BCUT2D eigenvalue weighted by atomic mass is 28.4.